The van der Waals surface area contributed by atoms with Crippen LogP contribution in [-0.4, -0.2) is 41.5 Å². The predicted octanol–water partition coefficient (Wildman–Crippen LogP) is 2.22. The van der Waals surface area contributed by atoms with Crippen molar-refractivity contribution in [3.8, 4) is 11.4 Å². The number of fused-ring (bicyclic) bond motifs is 2. The van der Waals surface area contributed by atoms with Gasteiger partial charge in [0.05, 0.1) is 18.2 Å². The number of hydrogen-bond donors (Lipinski definition) is 2. The van der Waals surface area contributed by atoms with Crippen LogP contribution >= 0.6 is 0 Å². The van der Waals surface area contributed by atoms with Crippen molar-refractivity contribution in [2.45, 2.75) is 38.3 Å². The fraction of sp³-hybridized carbons (Fsp3) is 0.333. The summed E-state index contributed by atoms with van der Waals surface area (Å²) in [5.74, 6) is 1.88. The molecule has 1 unspecified atom stereocenters. The number of aryl methyl sites for hydroxylation is 2. The van der Waals surface area contributed by atoms with E-state index in [9.17, 15) is 4.79 Å². The number of hydrogen-bond acceptors (Lipinski definition) is 4. The Morgan fingerprint density at radius 1 is 1.28 bits per heavy atom. The highest BCUT2D eigenvalue weighted by Gasteiger charge is 2.23. The molecule has 5 rings (SSSR count). The summed E-state index contributed by atoms with van der Waals surface area (Å²) in [6.07, 6.45) is 8.59. The molecule has 8 nitrogen and oxygen atoms in total. The molecule has 0 aliphatic carbocycles. The molecular formula is C21H23N7O. The number of nitrogens with zero attached hydrogens (tertiary/aromatic N) is 5. The molecule has 148 valence electrons. The van der Waals surface area contributed by atoms with Gasteiger partial charge in [-0.3, -0.25) is 9.48 Å². The molecule has 4 aromatic rings. The molecule has 1 aromatic carbocycles. The first-order valence-electron chi connectivity index (χ1n) is 9.93. The number of carbonyl (C=O) groups excluding carboxylic acids is 1. The van der Waals surface area contributed by atoms with Gasteiger partial charge >= 0.3 is 0 Å². The van der Waals surface area contributed by atoms with Crippen LogP contribution < -0.4 is 5.32 Å². The van der Waals surface area contributed by atoms with Crippen molar-refractivity contribution >= 4 is 16.8 Å². The Morgan fingerprint density at radius 2 is 2.17 bits per heavy atom. The second-order valence-electron chi connectivity index (χ2n) is 7.62. The van der Waals surface area contributed by atoms with E-state index in [-0.39, 0.29) is 11.9 Å². The highest BCUT2D eigenvalue weighted by atomic mass is 16.1. The van der Waals surface area contributed by atoms with Crippen LogP contribution in [0.1, 0.15) is 24.2 Å². The SMILES string of the molecule is Cn1cc(-c2nnc3n2CCC(NC(=O)Cc2c[nH]c4ccccc24)CC3)cn1. The van der Waals surface area contributed by atoms with Gasteiger partial charge in [-0.05, 0) is 24.5 Å². The Labute approximate surface area is 167 Å². The molecule has 0 bridgehead atoms. The maximum Gasteiger partial charge on any atom is 0.224 e. The van der Waals surface area contributed by atoms with Crippen molar-refractivity contribution in [3.63, 3.8) is 0 Å². The molecule has 4 heterocycles. The van der Waals surface area contributed by atoms with Gasteiger partial charge in [-0.1, -0.05) is 18.2 Å². The van der Waals surface area contributed by atoms with Crippen molar-refractivity contribution in [1.29, 1.82) is 0 Å². The van der Waals surface area contributed by atoms with E-state index in [0.717, 1.165) is 59.5 Å². The molecule has 0 fully saturated rings. The maximum atomic E-state index is 12.7. The summed E-state index contributed by atoms with van der Waals surface area (Å²) < 4.78 is 3.92. The highest BCUT2D eigenvalue weighted by molar-refractivity contribution is 5.88. The monoisotopic (exact) mass is 389 g/mol. The molecular weight excluding hydrogens is 366 g/mol. The standard InChI is InChI=1S/C21H23N7O/c1-27-13-15(12-23-27)21-26-25-19-7-6-16(8-9-28(19)21)24-20(29)10-14-11-22-18-5-3-2-4-17(14)18/h2-5,11-13,16,22H,6-10H2,1H3,(H,24,29). The third kappa shape index (κ3) is 3.41. The fourth-order valence-corrected chi connectivity index (χ4v) is 4.11. The number of benzene rings is 1. The van der Waals surface area contributed by atoms with Gasteiger partial charge in [-0.15, -0.1) is 10.2 Å². The molecule has 0 spiro atoms. The normalized spacial score (nSPS) is 16.5. The van der Waals surface area contributed by atoms with Crippen molar-refractivity contribution < 1.29 is 4.79 Å². The Kier molecular flexibility index (Phi) is 4.38. The summed E-state index contributed by atoms with van der Waals surface area (Å²) in [6, 6.07) is 8.20. The zero-order valence-corrected chi connectivity index (χ0v) is 16.3. The first kappa shape index (κ1) is 17.7. The number of aromatic amines is 1. The maximum absolute atomic E-state index is 12.7. The van der Waals surface area contributed by atoms with Crippen molar-refractivity contribution in [3.05, 3.63) is 54.2 Å². The van der Waals surface area contributed by atoms with Crippen LogP contribution in [0.25, 0.3) is 22.3 Å². The molecule has 1 aliphatic heterocycles. The number of carbonyl (C=O) groups is 1. The van der Waals surface area contributed by atoms with Gasteiger partial charge in [-0.25, -0.2) is 0 Å². The minimum atomic E-state index is 0.0601. The van der Waals surface area contributed by atoms with E-state index in [1.165, 1.54) is 0 Å². The number of nitrogens with one attached hydrogen (secondary N) is 2. The van der Waals surface area contributed by atoms with E-state index in [4.69, 9.17) is 0 Å². The van der Waals surface area contributed by atoms with Crippen molar-refractivity contribution in [2.75, 3.05) is 0 Å². The molecule has 8 heteroatoms. The van der Waals surface area contributed by atoms with Gasteiger partial charge in [0.15, 0.2) is 5.82 Å². The molecule has 0 saturated carbocycles. The van der Waals surface area contributed by atoms with Crippen LogP contribution in [0.3, 0.4) is 0 Å². The van der Waals surface area contributed by atoms with Gasteiger partial charge < -0.3 is 14.9 Å². The minimum absolute atomic E-state index is 0.0601. The quantitative estimate of drug-likeness (QED) is 0.560. The zero-order valence-electron chi connectivity index (χ0n) is 16.3. The largest absolute Gasteiger partial charge is 0.361 e. The topological polar surface area (TPSA) is 93.4 Å². The number of aromatic nitrogens is 6. The van der Waals surface area contributed by atoms with E-state index in [2.05, 4.69) is 30.2 Å². The highest BCUT2D eigenvalue weighted by Crippen LogP contribution is 2.23. The molecule has 3 aromatic heterocycles. The summed E-state index contributed by atoms with van der Waals surface area (Å²) in [6.45, 7) is 0.782. The van der Waals surface area contributed by atoms with Crippen LogP contribution in [0.15, 0.2) is 42.9 Å². The smallest absolute Gasteiger partial charge is 0.224 e. The number of para-hydroxylation sites is 1. The van der Waals surface area contributed by atoms with Crippen LogP contribution in [0, 0.1) is 0 Å². The summed E-state index contributed by atoms with van der Waals surface area (Å²) >= 11 is 0. The summed E-state index contributed by atoms with van der Waals surface area (Å²) in [5, 5.41) is 17.3. The number of rotatable bonds is 4. The van der Waals surface area contributed by atoms with Gasteiger partial charge in [-0.2, -0.15) is 5.10 Å². The Bertz CT molecular complexity index is 1170. The van der Waals surface area contributed by atoms with Gasteiger partial charge in [0.1, 0.15) is 5.82 Å². The van der Waals surface area contributed by atoms with Crippen LogP contribution in [0.5, 0.6) is 0 Å². The average molecular weight is 389 g/mol. The van der Waals surface area contributed by atoms with Crippen LogP contribution in [-0.2, 0) is 31.2 Å². The third-order valence-corrected chi connectivity index (χ3v) is 5.60. The lowest BCUT2D eigenvalue weighted by molar-refractivity contribution is -0.121. The Hall–Kier alpha value is -3.42. The minimum Gasteiger partial charge on any atom is -0.361 e. The number of amides is 1. The second-order valence-corrected chi connectivity index (χ2v) is 7.62. The van der Waals surface area contributed by atoms with Crippen molar-refractivity contribution in [2.24, 2.45) is 7.05 Å². The summed E-state index contributed by atoms with van der Waals surface area (Å²) in [5.41, 5.74) is 3.06. The molecule has 1 amide bonds. The fourth-order valence-electron chi connectivity index (χ4n) is 4.11. The zero-order chi connectivity index (χ0) is 19.8. The van der Waals surface area contributed by atoms with Crippen molar-refractivity contribution in [1.82, 2.24) is 34.8 Å². The predicted molar refractivity (Wildman–Crippen MR) is 109 cm³/mol. The van der Waals surface area contributed by atoms with Crippen LogP contribution in [0.2, 0.25) is 0 Å². The molecule has 29 heavy (non-hydrogen) atoms. The number of H-pyrrole nitrogens is 1. The Morgan fingerprint density at radius 3 is 3.03 bits per heavy atom. The van der Waals surface area contributed by atoms with E-state index in [0.29, 0.717) is 6.42 Å². The lowest BCUT2D eigenvalue weighted by Crippen LogP contribution is -2.36. The molecule has 0 radical (unpaired) electrons. The first-order valence-corrected chi connectivity index (χ1v) is 9.93. The Balaban J connectivity index is 1.25. The molecule has 1 aliphatic rings. The van der Waals surface area contributed by atoms with E-state index < -0.39 is 0 Å². The first-order chi connectivity index (χ1) is 14.2. The van der Waals surface area contributed by atoms with Gasteiger partial charge in [0.2, 0.25) is 5.91 Å². The van der Waals surface area contributed by atoms with Crippen LogP contribution in [0.4, 0.5) is 0 Å². The molecule has 0 saturated heterocycles. The summed E-state index contributed by atoms with van der Waals surface area (Å²) in [7, 11) is 1.89. The lowest BCUT2D eigenvalue weighted by atomic mass is 10.1. The second kappa shape index (κ2) is 7.20. The van der Waals surface area contributed by atoms with Gasteiger partial charge in [0.25, 0.3) is 0 Å². The molecule has 1 atom stereocenters. The third-order valence-electron chi connectivity index (χ3n) is 5.60. The van der Waals surface area contributed by atoms with E-state index >= 15 is 0 Å². The van der Waals surface area contributed by atoms with E-state index in [1.807, 2.05) is 49.9 Å². The lowest BCUT2D eigenvalue weighted by Gasteiger charge is -2.16. The van der Waals surface area contributed by atoms with Gasteiger partial charge in [0, 0.05) is 49.4 Å². The average Bonchev–Trinajstić information content (AvgIpc) is 3.40. The molecule has 2 N–H and O–H groups in total. The summed E-state index contributed by atoms with van der Waals surface area (Å²) in [4.78, 5) is 15.9. The van der Waals surface area contributed by atoms with E-state index in [1.54, 1.807) is 4.68 Å².